The first-order valence-electron chi connectivity index (χ1n) is 9.83. The van der Waals surface area contributed by atoms with Crippen LogP contribution in [0.25, 0.3) is 22.3 Å². The molecular weight excluding hydrogens is 583 g/mol. The summed E-state index contributed by atoms with van der Waals surface area (Å²) >= 11 is 2.19. The van der Waals surface area contributed by atoms with Crippen molar-refractivity contribution in [2.75, 3.05) is 25.5 Å². The fraction of sp³-hybridized carbons (Fsp3) is 0.150. The molecule has 0 spiro atoms. The number of fused-ring (bicyclic) bond motifs is 1. The molecule has 0 aliphatic rings. The first-order chi connectivity index (χ1) is 16.3. The van der Waals surface area contributed by atoms with Gasteiger partial charge in [-0.15, -0.1) is 0 Å². The molecule has 0 amide bonds. The van der Waals surface area contributed by atoms with Gasteiger partial charge in [0.15, 0.2) is 17.2 Å². The van der Waals surface area contributed by atoms with Crippen LogP contribution in [0.4, 0.5) is 14.6 Å². The molecule has 14 heteroatoms. The molecule has 0 fully saturated rings. The molecule has 10 nitrogen and oxygen atoms in total. The van der Waals surface area contributed by atoms with Crippen molar-refractivity contribution in [2.24, 2.45) is 0 Å². The Kier molecular flexibility index (Phi) is 7.20. The molecular formula is C20H18F2IN7O3S. The van der Waals surface area contributed by atoms with E-state index in [2.05, 4.69) is 57.5 Å². The van der Waals surface area contributed by atoms with Crippen LogP contribution < -0.4 is 19.5 Å². The van der Waals surface area contributed by atoms with Crippen LogP contribution in [-0.4, -0.2) is 48.7 Å². The Morgan fingerprint density at radius 2 is 1.91 bits per heavy atom. The molecule has 0 saturated heterocycles. The minimum atomic E-state index is -3.61. The fourth-order valence-electron chi connectivity index (χ4n) is 3.03. The van der Waals surface area contributed by atoms with Gasteiger partial charge < -0.3 is 10.1 Å². The van der Waals surface area contributed by atoms with Crippen molar-refractivity contribution in [1.29, 1.82) is 0 Å². The zero-order valence-corrected chi connectivity index (χ0v) is 20.5. The van der Waals surface area contributed by atoms with Gasteiger partial charge in [-0.1, -0.05) is 18.2 Å². The van der Waals surface area contributed by atoms with E-state index in [1.54, 1.807) is 0 Å². The molecule has 0 saturated carbocycles. The van der Waals surface area contributed by atoms with Crippen LogP contribution in [0.2, 0.25) is 0 Å². The summed E-state index contributed by atoms with van der Waals surface area (Å²) in [6.45, 7) is 0.210. The number of anilines is 1. The molecule has 178 valence electrons. The van der Waals surface area contributed by atoms with Crippen molar-refractivity contribution in [2.45, 2.75) is 0 Å². The van der Waals surface area contributed by atoms with Crippen molar-refractivity contribution in [1.82, 2.24) is 29.6 Å². The van der Waals surface area contributed by atoms with Crippen LogP contribution in [0.5, 0.6) is 11.8 Å². The molecule has 0 aliphatic heterocycles. The quantitative estimate of drug-likeness (QED) is 0.171. The van der Waals surface area contributed by atoms with Gasteiger partial charge in [0.2, 0.25) is 0 Å². The number of ether oxygens (including phenoxy) is 1. The zero-order chi connectivity index (χ0) is 24.3. The van der Waals surface area contributed by atoms with E-state index >= 15 is 0 Å². The van der Waals surface area contributed by atoms with Gasteiger partial charge >= 0.3 is 6.01 Å². The lowest BCUT2D eigenvalue weighted by Gasteiger charge is -2.11. The Hall–Kier alpha value is -2.95. The fourth-order valence-corrected chi connectivity index (χ4v) is 4.18. The van der Waals surface area contributed by atoms with Crippen LogP contribution in [0.3, 0.4) is 0 Å². The highest BCUT2D eigenvalue weighted by molar-refractivity contribution is 14.1. The number of hydrogen-bond donors (Lipinski definition) is 4. The van der Waals surface area contributed by atoms with Crippen LogP contribution in [-0.2, 0) is 10.2 Å². The standard InChI is InChI=1S/C20H18F2IN7O3S/c1-24-34(31,32)26-9-8-25-18-16-17(12-4-2-3-5-14(12)23)29-30-19(16)28-20(27-18)33-15-7-6-11(21)10-13(15)22/h2-7,10,24,26H,8-9H2,1H3,(H2,25,27,28,29,30). The lowest BCUT2D eigenvalue weighted by Crippen LogP contribution is -2.36. The first kappa shape index (κ1) is 24.2. The number of hydrogen-bond acceptors (Lipinski definition) is 7. The Morgan fingerprint density at radius 1 is 1.12 bits per heavy atom. The lowest BCUT2D eigenvalue weighted by molar-refractivity contribution is 0.410. The van der Waals surface area contributed by atoms with Crippen molar-refractivity contribution >= 4 is 49.7 Å². The molecule has 4 aromatic rings. The normalized spacial score (nSPS) is 11.6. The van der Waals surface area contributed by atoms with E-state index in [1.807, 2.05) is 24.3 Å². The second-order valence-electron chi connectivity index (χ2n) is 6.84. The maximum absolute atomic E-state index is 14.1. The van der Waals surface area contributed by atoms with E-state index in [0.717, 1.165) is 21.3 Å². The third kappa shape index (κ3) is 5.40. The minimum Gasteiger partial charge on any atom is -0.421 e. The molecule has 2 aromatic carbocycles. The Labute approximate surface area is 206 Å². The molecule has 0 aliphatic carbocycles. The monoisotopic (exact) mass is 601 g/mol. The van der Waals surface area contributed by atoms with Crippen LogP contribution in [0.15, 0.2) is 42.5 Å². The average molecular weight is 601 g/mol. The van der Waals surface area contributed by atoms with Gasteiger partial charge in [0.25, 0.3) is 10.2 Å². The summed E-state index contributed by atoms with van der Waals surface area (Å²) in [6, 6.07) is 10.2. The number of nitrogens with zero attached hydrogens (tertiary/aromatic N) is 3. The largest absolute Gasteiger partial charge is 0.421 e. The van der Waals surface area contributed by atoms with Gasteiger partial charge in [-0.2, -0.15) is 23.5 Å². The molecule has 4 N–H and O–H groups in total. The van der Waals surface area contributed by atoms with Crippen LogP contribution >= 0.6 is 22.6 Å². The highest BCUT2D eigenvalue weighted by Crippen LogP contribution is 2.34. The van der Waals surface area contributed by atoms with Crippen LogP contribution in [0, 0.1) is 15.2 Å². The summed E-state index contributed by atoms with van der Waals surface area (Å²) in [5.41, 5.74) is 1.70. The number of aromatic nitrogens is 4. The maximum atomic E-state index is 14.1. The minimum absolute atomic E-state index is 0.0491. The van der Waals surface area contributed by atoms with E-state index < -0.39 is 21.8 Å². The van der Waals surface area contributed by atoms with Crippen molar-refractivity contribution < 1.29 is 21.9 Å². The topological polar surface area (TPSA) is 134 Å². The summed E-state index contributed by atoms with van der Waals surface area (Å²) in [7, 11) is -2.32. The van der Waals surface area contributed by atoms with Gasteiger partial charge in [-0.25, -0.2) is 18.2 Å². The molecule has 2 heterocycles. The summed E-state index contributed by atoms with van der Waals surface area (Å²) in [5.74, 6) is -1.63. The second kappa shape index (κ2) is 10.1. The van der Waals surface area contributed by atoms with Gasteiger partial charge in [0.05, 0.1) is 5.39 Å². The highest BCUT2D eigenvalue weighted by Gasteiger charge is 2.20. The average Bonchev–Trinajstić information content (AvgIpc) is 3.23. The van der Waals surface area contributed by atoms with Gasteiger partial charge in [0.1, 0.15) is 17.3 Å². The third-order valence-electron chi connectivity index (χ3n) is 4.60. The van der Waals surface area contributed by atoms with Crippen molar-refractivity contribution in [3.63, 3.8) is 0 Å². The third-order valence-corrected chi connectivity index (χ3v) is 6.66. The summed E-state index contributed by atoms with van der Waals surface area (Å²) < 4.78 is 61.4. The van der Waals surface area contributed by atoms with Crippen molar-refractivity contribution in [3.8, 4) is 23.0 Å². The highest BCUT2D eigenvalue weighted by atomic mass is 127. The first-order valence-corrected chi connectivity index (χ1v) is 12.4. The number of benzene rings is 2. The molecule has 0 unspecified atom stereocenters. The summed E-state index contributed by atoms with van der Waals surface area (Å²) in [5, 5.41) is 10.8. The molecule has 0 bridgehead atoms. The number of rotatable bonds is 9. The predicted molar refractivity (Wildman–Crippen MR) is 131 cm³/mol. The maximum Gasteiger partial charge on any atom is 0.326 e. The molecule has 4 rings (SSSR count). The number of nitrogens with one attached hydrogen (secondary N) is 4. The van der Waals surface area contributed by atoms with Gasteiger partial charge in [-0.05, 0) is 40.8 Å². The smallest absolute Gasteiger partial charge is 0.326 e. The van der Waals surface area contributed by atoms with E-state index in [0.29, 0.717) is 22.8 Å². The van der Waals surface area contributed by atoms with E-state index in [1.165, 1.54) is 7.05 Å². The molecule has 0 radical (unpaired) electrons. The number of halogens is 3. The SMILES string of the molecule is CNS(=O)(=O)NCCNc1nc(Oc2ccc(F)cc2F)nc2[nH]nc(-c3ccccc3I)c12. The second-order valence-corrected chi connectivity index (χ2v) is 9.70. The Balaban J connectivity index is 1.72. The molecule has 2 aromatic heterocycles. The predicted octanol–water partition coefficient (Wildman–Crippen LogP) is 3.16. The Morgan fingerprint density at radius 3 is 2.65 bits per heavy atom. The van der Waals surface area contributed by atoms with Gasteiger partial charge in [0, 0.05) is 35.3 Å². The molecule has 0 atom stereocenters. The van der Waals surface area contributed by atoms with Gasteiger partial charge in [-0.3, -0.25) is 5.10 Å². The molecule has 34 heavy (non-hydrogen) atoms. The summed E-state index contributed by atoms with van der Waals surface area (Å²) in [6.07, 6.45) is 0. The van der Waals surface area contributed by atoms with Crippen LogP contribution in [0.1, 0.15) is 0 Å². The number of H-pyrrole nitrogens is 1. The summed E-state index contributed by atoms with van der Waals surface area (Å²) in [4.78, 5) is 8.62. The number of aromatic amines is 1. The lowest BCUT2D eigenvalue weighted by atomic mass is 10.1. The van der Waals surface area contributed by atoms with E-state index in [-0.39, 0.29) is 30.7 Å². The van der Waals surface area contributed by atoms with Crippen molar-refractivity contribution in [3.05, 3.63) is 57.7 Å². The zero-order valence-electron chi connectivity index (χ0n) is 17.6. The Bertz CT molecular complexity index is 1450. The van der Waals surface area contributed by atoms with E-state index in [4.69, 9.17) is 4.74 Å². The van der Waals surface area contributed by atoms with E-state index in [9.17, 15) is 17.2 Å².